The molecule has 0 aliphatic rings. The number of benzene rings is 2. The van der Waals surface area contributed by atoms with Gasteiger partial charge in [-0.15, -0.1) is 11.3 Å². The molecule has 0 spiro atoms. The van der Waals surface area contributed by atoms with E-state index in [1.165, 1.54) is 11.3 Å². The molecule has 0 fully saturated rings. The molecule has 0 amide bonds. The maximum atomic E-state index is 9.63. The van der Waals surface area contributed by atoms with Crippen molar-refractivity contribution in [3.8, 4) is 40.3 Å². The molecule has 2 aromatic carbocycles. The molecule has 0 saturated heterocycles. The predicted molar refractivity (Wildman–Crippen MR) is 117 cm³/mol. The quantitative estimate of drug-likeness (QED) is 0.520. The molecule has 0 unspecified atom stereocenters. The van der Waals surface area contributed by atoms with Crippen LogP contribution in [0.3, 0.4) is 0 Å². The van der Waals surface area contributed by atoms with Crippen molar-refractivity contribution < 1.29 is 18.9 Å². The minimum atomic E-state index is 0.400. The van der Waals surface area contributed by atoms with Gasteiger partial charge in [0.05, 0.1) is 39.8 Å². The molecular weight excluding hydrogens is 402 g/mol. The molecule has 0 radical (unpaired) electrons. The van der Waals surface area contributed by atoms with Crippen LogP contribution in [0.1, 0.15) is 5.01 Å². The number of methoxy groups -OCH3 is 4. The van der Waals surface area contributed by atoms with Gasteiger partial charge in [-0.2, -0.15) is 5.26 Å². The SMILES string of the molecule is COc1ccc(OC)c(N/C=C(/C#N)c2nc(-c3ccc(OC)c(OC)c3)cs2)c1. The van der Waals surface area contributed by atoms with Gasteiger partial charge in [-0.3, -0.25) is 0 Å². The van der Waals surface area contributed by atoms with Crippen LogP contribution in [0.4, 0.5) is 5.69 Å². The van der Waals surface area contributed by atoms with Crippen molar-refractivity contribution in [2.24, 2.45) is 0 Å². The molecule has 3 rings (SSSR count). The van der Waals surface area contributed by atoms with Crippen LogP contribution >= 0.6 is 11.3 Å². The van der Waals surface area contributed by atoms with E-state index in [4.69, 9.17) is 18.9 Å². The maximum absolute atomic E-state index is 9.63. The molecular formula is C22H21N3O4S. The molecule has 0 saturated carbocycles. The lowest BCUT2D eigenvalue weighted by Gasteiger charge is -2.10. The summed E-state index contributed by atoms with van der Waals surface area (Å²) in [7, 11) is 6.35. The Balaban J connectivity index is 1.87. The van der Waals surface area contributed by atoms with Crippen LogP contribution in [0, 0.1) is 11.3 Å². The van der Waals surface area contributed by atoms with Gasteiger partial charge in [0.25, 0.3) is 0 Å². The van der Waals surface area contributed by atoms with E-state index < -0.39 is 0 Å². The third-order valence-corrected chi connectivity index (χ3v) is 5.19. The molecule has 1 aromatic heterocycles. The number of rotatable bonds is 8. The Hall–Kier alpha value is -3.70. The van der Waals surface area contributed by atoms with Gasteiger partial charge in [0.2, 0.25) is 0 Å². The van der Waals surface area contributed by atoms with Gasteiger partial charge in [0.15, 0.2) is 11.5 Å². The molecule has 3 aromatic rings. The fraction of sp³-hybridized carbons (Fsp3) is 0.182. The molecule has 0 aliphatic carbocycles. The zero-order valence-corrected chi connectivity index (χ0v) is 17.9. The summed E-state index contributed by atoms with van der Waals surface area (Å²) in [4.78, 5) is 4.61. The molecule has 0 atom stereocenters. The molecule has 1 N–H and O–H groups in total. The van der Waals surface area contributed by atoms with Crippen molar-refractivity contribution in [3.05, 3.63) is 53.0 Å². The van der Waals surface area contributed by atoms with Crippen LogP contribution in [0.2, 0.25) is 0 Å². The summed E-state index contributed by atoms with van der Waals surface area (Å²) in [5, 5.41) is 15.2. The van der Waals surface area contributed by atoms with Crippen molar-refractivity contribution in [3.63, 3.8) is 0 Å². The van der Waals surface area contributed by atoms with Crippen LogP contribution in [0.25, 0.3) is 16.8 Å². The minimum Gasteiger partial charge on any atom is -0.497 e. The average molecular weight is 423 g/mol. The van der Waals surface area contributed by atoms with Gasteiger partial charge in [0, 0.05) is 23.2 Å². The lowest BCUT2D eigenvalue weighted by Crippen LogP contribution is -1.96. The van der Waals surface area contributed by atoms with Crippen molar-refractivity contribution in [2.45, 2.75) is 0 Å². The topological polar surface area (TPSA) is 85.6 Å². The van der Waals surface area contributed by atoms with E-state index in [-0.39, 0.29) is 0 Å². The highest BCUT2D eigenvalue weighted by atomic mass is 32.1. The van der Waals surface area contributed by atoms with Gasteiger partial charge in [0.1, 0.15) is 28.1 Å². The number of anilines is 1. The number of ether oxygens (including phenoxy) is 4. The summed E-state index contributed by atoms with van der Waals surface area (Å²) in [6, 6.07) is 13.2. The Labute approximate surface area is 179 Å². The Kier molecular flexibility index (Phi) is 6.78. The first-order chi connectivity index (χ1) is 14.6. The highest BCUT2D eigenvalue weighted by Crippen LogP contribution is 2.34. The standard InChI is InChI=1S/C22H21N3O4S/c1-26-16-6-8-19(27-2)17(10-16)24-12-15(11-23)22-25-18(13-30-22)14-5-7-20(28-3)21(9-14)29-4/h5-10,12-13,24H,1-4H3/b15-12-. The van der Waals surface area contributed by atoms with Gasteiger partial charge in [-0.1, -0.05) is 0 Å². The predicted octanol–water partition coefficient (Wildman–Crippen LogP) is 4.82. The average Bonchev–Trinajstić information content (AvgIpc) is 3.28. The van der Waals surface area contributed by atoms with Gasteiger partial charge in [-0.05, 0) is 30.3 Å². The van der Waals surface area contributed by atoms with E-state index in [1.807, 2.05) is 23.6 Å². The van der Waals surface area contributed by atoms with Crippen molar-refractivity contribution >= 4 is 22.6 Å². The fourth-order valence-corrected chi connectivity index (χ4v) is 3.54. The van der Waals surface area contributed by atoms with Crippen LogP contribution < -0.4 is 24.3 Å². The Bertz CT molecular complexity index is 1100. The second-order valence-corrected chi connectivity index (χ2v) is 6.85. The zero-order valence-electron chi connectivity index (χ0n) is 17.1. The van der Waals surface area contributed by atoms with Gasteiger partial charge >= 0.3 is 0 Å². The Morgan fingerprint density at radius 1 is 0.967 bits per heavy atom. The van der Waals surface area contributed by atoms with Gasteiger partial charge < -0.3 is 24.3 Å². The van der Waals surface area contributed by atoms with Crippen molar-refractivity contribution in [1.82, 2.24) is 4.98 Å². The Morgan fingerprint density at radius 3 is 2.37 bits per heavy atom. The van der Waals surface area contributed by atoms with Crippen molar-refractivity contribution in [1.29, 1.82) is 5.26 Å². The monoisotopic (exact) mass is 423 g/mol. The number of nitriles is 1. The normalized spacial score (nSPS) is 10.8. The lowest BCUT2D eigenvalue weighted by atomic mass is 10.1. The maximum Gasteiger partial charge on any atom is 0.161 e. The number of nitrogens with one attached hydrogen (secondary N) is 1. The highest BCUT2D eigenvalue weighted by Gasteiger charge is 2.12. The van der Waals surface area contributed by atoms with E-state index >= 15 is 0 Å². The van der Waals surface area contributed by atoms with Gasteiger partial charge in [-0.25, -0.2) is 4.98 Å². The summed E-state index contributed by atoms with van der Waals surface area (Å²) < 4.78 is 21.2. The molecule has 30 heavy (non-hydrogen) atoms. The summed E-state index contributed by atoms with van der Waals surface area (Å²) in [6.07, 6.45) is 1.61. The van der Waals surface area contributed by atoms with Crippen LogP contribution in [-0.2, 0) is 0 Å². The third kappa shape index (κ3) is 4.47. The van der Waals surface area contributed by atoms with E-state index in [9.17, 15) is 5.26 Å². The van der Waals surface area contributed by atoms with E-state index in [0.717, 1.165) is 11.3 Å². The highest BCUT2D eigenvalue weighted by molar-refractivity contribution is 7.11. The van der Waals surface area contributed by atoms with Crippen LogP contribution in [-0.4, -0.2) is 33.4 Å². The first-order valence-corrected chi connectivity index (χ1v) is 9.78. The van der Waals surface area contributed by atoms with Crippen LogP contribution in [0.15, 0.2) is 48.0 Å². The second-order valence-electron chi connectivity index (χ2n) is 5.99. The largest absolute Gasteiger partial charge is 0.497 e. The number of aromatic nitrogens is 1. The molecule has 0 aliphatic heterocycles. The molecule has 1 heterocycles. The summed E-state index contributed by atoms with van der Waals surface area (Å²) >= 11 is 1.38. The first-order valence-electron chi connectivity index (χ1n) is 8.90. The zero-order chi connectivity index (χ0) is 21.5. The lowest BCUT2D eigenvalue weighted by molar-refractivity contribution is 0.355. The van der Waals surface area contributed by atoms with E-state index in [1.54, 1.807) is 52.8 Å². The Morgan fingerprint density at radius 2 is 1.70 bits per heavy atom. The minimum absolute atomic E-state index is 0.400. The number of hydrogen-bond acceptors (Lipinski definition) is 8. The summed E-state index contributed by atoms with van der Waals surface area (Å²) in [6.45, 7) is 0. The molecule has 154 valence electrons. The number of thiazole rings is 1. The fourth-order valence-electron chi connectivity index (χ4n) is 2.74. The molecule has 8 heteroatoms. The van der Waals surface area contributed by atoms with E-state index in [2.05, 4.69) is 16.4 Å². The van der Waals surface area contributed by atoms with Crippen molar-refractivity contribution in [2.75, 3.05) is 33.8 Å². The smallest absolute Gasteiger partial charge is 0.161 e. The molecule has 0 bridgehead atoms. The molecule has 7 nitrogen and oxygen atoms in total. The summed E-state index contributed by atoms with van der Waals surface area (Å²) in [5.41, 5.74) is 2.70. The number of nitrogens with zero attached hydrogens (tertiary/aromatic N) is 2. The number of hydrogen-bond donors (Lipinski definition) is 1. The van der Waals surface area contributed by atoms with E-state index in [0.29, 0.717) is 39.3 Å². The second kappa shape index (κ2) is 9.67. The first kappa shape index (κ1) is 21.0. The van der Waals surface area contributed by atoms with Crippen LogP contribution in [0.5, 0.6) is 23.0 Å². The number of allylic oxidation sites excluding steroid dienone is 1. The summed E-state index contributed by atoms with van der Waals surface area (Å²) in [5.74, 6) is 2.57. The third-order valence-electron chi connectivity index (χ3n) is 4.31.